The first-order valence-electron chi connectivity index (χ1n) is 11.1. The monoisotopic (exact) mass is 502 g/mol. The Morgan fingerprint density at radius 3 is 1.94 bits per heavy atom. The molecular weight excluding hydrogens is 464 g/mol. The van der Waals surface area contributed by atoms with Gasteiger partial charge in [-0.3, -0.25) is 24.2 Å². The number of nitrogens with two attached hydrogens (primary N) is 4. The third-order valence-corrected chi connectivity index (χ3v) is 5.21. The lowest BCUT2D eigenvalue weighted by atomic mass is 9.97. The predicted octanol–water partition coefficient (Wildman–Crippen LogP) is -3.79. The van der Waals surface area contributed by atoms with E-state index in [2.05, 4.69) is 20.9 Å². The number of aliphatic hydroxyl groups excluding tert-OH is 1. The summed E-state index contributed by atoms with van der Waals surface area (Å²) in [6.07, 6.45) is -1.05. The molecule has 0 aromatic heterocycles. The summed E-state index contributed by atoms with van der Waals surface area (Å²) in [6.45, 7) is 4.88. The van der Waals surface area contributed by atoms with E-state index in [0.29, 0.717) is 6.42 Å². The Bertz CT molecular complexity index is 785. The highest BCUT2D eigenvalue weighted by Gasteiger charge is 2.33. The van der Waals surface area contributed by atoms with Gasteiger partial charge in [0.25, 0.3) is 0 Å². The first kappa shape index (κ1) is 31.5. The highest BCUT2D eigenvalue weighted by molar-refractivity contribution is 5.95. The molecule has 0 bridgehead atoms. The van der Waals surface area contributed by atoms with Crippen molar-refractivity contribution in [1.29, 1.82) is 0 Å². The molecular formula is C20H38N8O7. The first-order valence-corrected chi connectivity index (χ1v) is 11.1. The Morgan fingerprint density at radius 1 is 0.914 bits per heavy atom. The van der Waals surface area contributed by atoms with Crippen molar-refractivity contribution in [2.45, 2.75) is 76.7 Å². The van der Waals surface area contributed by atoms with Crippen LogP contribution in [0, 0.1) is 5.92 Å². The minimum absolute atomic E-state index is 0.0646. The fourth-order valence-electron chi connectivity index (χ4n) is 2.88. The van der Waals surface area contributed by atoms with Gasteiger partial charge in [0.15, 0.2) is 5.96 Å². The highest BCUT2D eigenvalue weighted by Crippen LogP contribution is 2.10. The van der Waals surface area contributed by atoms with Crippen molar-refractivity contribution in [3.63, 3.8) is 0 Å². The summed E-state index contributed by atoms with van der Waals surface area (Å²) in [5.74, 6) is -5.37. The van der Waals surface area contributed by atoms with E-state index in [9.17, 15) is 34.2 Å². The van der Waals surface area contributed by atoms with E-state index in [1.807, 2.05) is 0 Å². The van der Waals surface area contributed by atoms with Gasteiger partial charge in [0.05, 0.1) is 12.5 Å². The van der Waals surface area contributed by atoms with E-state index in [4.69, 9.17) is 22.9 Å². The van der Waals surface area contributed by atoms with Crippen LogP contribution in [0.1, 0.15) is 46.5 Å². The summed E-state index contributed by atoms with van der Waals surface area (Å²) < 4.78 is 0. The fourth-order valence-corrected chi connectivity index (χ4v) is 2.88. The van der Waals surface area contributed by atoms with E-state index in [-0.39, 0.29) is 25.3 Å². The minimum atomic E-state index is -1.58. The number of aliphatic hydroxyl groups is 1. The molecule has 13 N–H and O–H groups in total. The SMILES string of the molecule is CCC(C)C(NC(=O)C(CCCN=C(N)N)NC(=O)C(N)C(C)O)C(=O)NC(CC(N)=O)C(=O)O. The molecule has 0 rings (SSSR count). The molecule has 0 saturated carbocycles. The number of rotatable bonds is 16. The van der Waals surface area contributed by atoms with Crippen molar-refractivity contribution in [1.82, 2.24) is 16.0 Å². The topological polar surface area (TPSA) is 278 Å². The average Bonchev–Trinajstić information content (AvgIpc) is 2.76. The van der Waals surface area contributed by atoms with Crippen molar-refractivity contribution in [3.05, 3.63) is 0 Å². The van der Waals surface area contributed by atoms with Crippen molar-refractivity contribution in [3.8, 4) is 0 Å². The van der Waals surface area contributed by atoms with E-state index in [1.165, 1.54) is 6.92 Å². The molecule has 15 heteroatoms. The molecule has 0 spiro atoms. The van der Waals surface area contributed by atoms with Crippen LogP contribution in [-0.2, 0) is 24.0 Å². The van der Waals surface area contributed by atoms with Gasteiger partial charge in [-0.05, 0) is 25.7 Å². The van der Waals surface area contributed by atoms with Gasteiger partial charge in [-0.15, -0.1) is 0 Å². The molecule has 0 heterocycles. The normalized spacial score (nSPS) is 15.9. The lowest BCUT2D eigenvalue weighted by Gasteiger charge is -2.28. The number of primary amides is 1. The second-order valence-electron chi connectivity index (χ2n) is 8.22. The first-order chi connectivity index (χ1) is 16.2. The Morgan fingerprint density at radius 2 is 1.49 bits per heavy atom. The molecule has 0 aliphatic heterocycles. The van der Waals surface area contributed by atoms with Gasteiger partial charge in [-0.1, -0.05) is 20.3 Å². The minimum Gasteiger partial charge on any atom is -0.480 e. The molecule has 0 aliphatic rings. The number of guanidine groups is 1. The molecule has 0 saturated heterocycles. The average molecular weight is 503 g/mol. The number of carbonyl (C=O) groups excluding carboxylic acids is 4. The molecule has 200 valence electrons. The number of hydrogen-bond donors (Lipinski definition) is 9. The number of nitrogens with one attached hydrogen (secondary N) is 3. The van der Waals surface area contributed by atoms with Crippen LogP contribution in [0.4, 0.5) is 0 Å². The van der Waals surface area contributed by atoms with Gasteiger partial charge in [-0.2, -0.15) is 0 Å². The Kier molecular flexibility index (Phi) is 13.9. The van der Waals surface area contributed by atoms with Crippen molar-refractivity contribution in [2.75, 3.05) is 6.54 Å². The fraction of sp³-hybridized carbons (Fsp3) is 0.700. The quantitative estimate of drug-likeness (QED) is 0.0563. The second kappa shape index (κ2) is 15.4. The Balaban J connectivity index is 5.67. The zero-order valence-electron chi connectivity index (χ0n) is 20.2. The third kappa shape index (κ3) is 12.0. The summed E-state index contributed by atoms with van der Waals surface area (Å²) in [5.41, 5.74) is 21.2. The van der Waals surface area contributed by atoms with Gasteiger partial charge < -0.3 is 49.1 Å². The van der Waals surface area contributed by atoms with Crippen LogP contribution in [0.2, 0.25) is 0 Å². The molecule has 35 heavy (non-hydrogen) atoms. The molecule has 6 atom stereocenters. The number of nitrogens with zero attached hydrogens (tertiary/aromatic N) is 1. The molecule has 4 amide bonds. The van der Waals surface area contributed by atoms with Gasteiger partial charge >= 0.3 is 5.97 Å². The standard InChI is InChI=1S/C20H38N8O7/c1-4-9(2)15(18(33)27-12(19(34)35)8-13(21)30)28-16(31)11(6-5-7-25-20(23)24)26-17(32)14(22)10(3)29/h9-12,14-15,29H,4-8,22H2,1-3H3,(H2,21,30)(H,26,32)(H,27,33)(H,28,31)(H,34,35)(H4,23,24,25). The smallest absolute Gasteiger partial charge is 0.326 e. The number of hydrogen-bond acceptors (Lipinski definition) is 8. The Hall–Kier alpha value is -3.46. The number of aliphatic imine (C=N–C) groups is 1. The largest absolute Gasteiger partial charge is 0.480 e. The van der Waals surface area contributed by atoms with Crippen LogP contribution in [0.25, 0.3) is 0 Å². The maximum absolute atomic E-state index is 13.0. The van der Waals surface area contributed by atoms with E-state index in [1.54, 1.807) is 13.8 Å². The van der Waals surface area contributed by atoms with Gasteiger partial charge in [0, 0.05) is 6.54 Å². The highest BCUT2D eigenvalue weighted by atomic mass is 16.4. The van der Waals surface area contributed by atoms with E-state index in [0.717, 1.165) is 0 Å². The lowest BCUT2D eigenvalue weighted by molar-refractivity contribution is -0.144. The van der Waals surface area contributed by atoms with Crippen LogP contribution in [0.5, 0.6) is 0 Å². The van der Waals surface area contributed by atoms with E-state index >= 15 is 0 Å². The van der Waals surface area contributed by atoms with Crippen LogP contribution in [0.15, 0.2) is 4.99 Å². The van der Waals surface area contributed by atoms with Crippen molar-refractivity contribution in [2.24, 2.45) is 33.8 Å². The third-order valence-electron chi connectivity index (χ3n) is 5.21. The summed E-state index contributed by atoms with van der Waals surface area (Å²) in [6, 6.07) is -5.24. The maximum Gasteiger partial charge on any atom is 0.326 e. The van der Waals surface area contributed by atoms with Gasteiger partial charge in [0.2, 0.25) is 23.6 Å². The van der Waals surface area contributed by atoms with E-state index < -0.39 is 72.2 Å². The number of aliphatic carboxylic acids is 1. The van der Waals surface area contributed by atoms with Gasteiger partial charge in [0.1, 0.15) is 24.2 Å². The molecule has 6 unspecified atom stereocenters. The second-order valence-corrected chi connectivity index (χ2v) is 8.22. The predicted molar refractivity (Wildman–Crippen MR) is 126 cm³/mol. The summed E-state index contributed by atoms with van der Waals surface area (Å²) >= 11 is 0. The number of carboxylic acids is 1. The summed E-state index contributed by atoms with van der Waals surface area (Å²) in [4.78, 5) is 64.5. The molecule has 0 radical (unpaired) electrons. The summed E-state index contributed by atoms with van der Waals surface area (Å²) in [7, 11) is 0. The molecule has 15 nitrogen and oxygen atoms in total. The molecule has 0 fully saturated rings. The van der Waals surface area contributed by atoms with Crippen LogP contribution < -0.4 is 38.9 Å². The number of amides is 4. The molecule has 0 aromatic rings. The zero-order chi connectivity index (χ0) is 27.3. The van der Waals surface area contributed by atoms with Crippen molar-refractivity contribution < 1.29 is 34.2 Å². The van der Waals surface area contributed by atoms with Crippen LogP contribution in [-0.4, -0.2) is 82.6 Å². The lowest BCUT2D eigenvalue weighted by Crippen LogP contribution is -2.59. The van der Waals surface area contributed by atoms with Crippen LogP contribution in [0.3, 0.4) is 0 Å². The molecule has 0 aromatic carbocycles. The summed E-state index contributed by atoms with van der Waals surface area (Å²) in [5, 5.41) is 26.0. The van der Waals surface area contributed by atoms with Gasteiger partial charge in [-0.25, -0.2) is 4.79 Å². The number of carboxylic acid groups (broad SMARTS) is 1. The van der Waals surface area contributed by atoms with Crippen LogP contribution >= 0.6 is 0 Å². The Labute approximate surface area is 203 Å². The maximum atomic E-state index is 13.0. The van der Waals surface area contributed by atoms with Crippen molar-refractivity contribution >= 4 is 35.6 Å². The molecule has 0 aliphatic carbocycles. The number of carbonyl (C=O) groups is 5. The zero-order valence-corrected chi connectivity index (χ0v) is 20.2.